The van der Waals surface area contributed by atoms with E-state index in [9.17, 15) is 9.59 Å². The third-order valence-corrected chi connectivity index (χ3v) is 3.79. The highest BCUT2D eigenvalue weighted by molar-refractivity contribution is 6.20. The summed E-state index contributed by atoms with van der Waals surface area (Å²) in [5.41, 5.74) is 1.63. The highest BCUT2D eigenvalue weighted by Crippen LogP contribution is 2.29. The molecular formula is C19H16O3. The first kappa shape index (κ1) is 14.3. The van der Waals surface area contributed by atoms with Crippen LogP contribution in [0.5, 0.6) is 0 Å². The average molecular weight is 292 g/mol. The second kappa shape index (κ2) is 5.65. The number of rotatable bonds is 2. The van der Waals surface area contributed by atoms with E-state index in [0.29, 0.717) is 22.4 Å². The minimum Gasteiger partial charge on any atom is -0.386 e. The van der Waals surface area contributed by atoms with Crippen LogP contribution in [-0.4, -0.2) is 11.9 Å². The summed E-state index contributed by atoms with van der Waals surface area (Å²) in [7, 11) is 0. The molecule has 0 amide bonds. The van der Waals surface area contributed by atoms with Gasteiger partial charge in [-0.1, -0.05) is 44.2 Å². The molecule has 0 aliphatic carbocycles. The first-order chi connectivity index (χ1) is 10.6. The number of carbonyl (C=O) groups is 2. The molecule has 1 heterocycles. The highest BCUT2D eigenvalue weighted by Gasteiger charge is 2.27. The number of cyclic esters (lactones) is 2. The molecule has 1 aliphatic heterocycles. The van der Waals surface area contributed by atoms with Crippen molar-refractivity contribution < 1.29 is 14.3 Å². The Kier molecular flexibility index (Phi) is 3.68. The fourth-order valence-electron chi connectivity index (χ4n) is 2.74. The molecule has 0 fully saturated rings. The van der Waals surface area contributed by atoms with Crippen LogP contribution in [0.3, 0.4) is 0 Å². The van der Waals surface area contributed by atoms with E-state index < -0.39 is 11.9 Å². The van der Waals surface area contributed by atoms with Crippen molar-refractivity contribution in [1.29, 1.82) is 0 Å². The van der Waals surface area contributed by atoms with Crippen LogP contribution in [0, 0.1) is 17.8 Å². The molecule has 3 nitrogen and oxygen atoms in total. The van der Waals surface area contributed by atoms with Crippen molar-refractivity contribution in [3.8, 4) is 11.8 Å². The fourth-order valence-corrected chi connectivity index (χ4v) is 2.74. The smallest absolute Gasteiger partial charge is 0.346 e. The van der Waals surface area contributed by atoms with E-state index in [1.807, 2.05) is 12.1 Å². The summed E-state index contributed by atoms with van der Waals surface area (Å²) in [5.74, 6) is 5.47. The lowest BCUT2D eigenvalue weighted by atomic mass is 9.95. The summed E-state index contributed by atoms with van der Waals surface area (Å²) in [6.07, 6.45) is 2.14. The van der Waals surface area contributed by atoms with Gasteiger partial charge in [0.15, 0.2) is 0 Å². The number of esters is 2. The first-order valence-electron chi connectivity index (χ1n) is 7.45. The average Bonchev–Trinajstić information content (AvgIpc) is 2.50. The van der Waals surface area contributed by atoms with Crippen LogP contribution in [-0.2, 0) is 4.74 Å². The van der Waals surface area contributed by atoms with Crippen LogP contribution in [0.15, 0.2) is 30.3 Å². The Morgan fingerprint density at radius 1 is 1.14 bits per heavy atom. The van der Waals surface area contributed by atoms with Crippen molar-refractivity contribution in [3.05, 3.63) is 47.0 Å². The Labute approximate surface area is 129 Å². The Bertz CT molecular complexity index is 837. The molecule has 0 saturated heterocycles. The molecular weight excluding hydrogens is 276 g/mol. The van der Waals surface area contributed by atoms with E-state index in [1.165, 1.54) is 0 Å². The molecule has 0 saturated carbocycles. The maximum absolute atomic E-state index is 12.0. The molecule has 1 aliphatic rings. The normalized spacial score (nSPS) is 14.3. The summed E-state index contributed by atoms with van der Waals surface area (Å²) in [5, 5.41) is 1.50. The molecule has 22 heavy (non-hydrogen) atoms. The van der Waals surface area contributed by atoms with Gasteiger partial charge in [0.1, 0.15) is 0 Å². The minimum atomic E-state index is -0.598. The van der Waals surface area contributed by atoms with Crippen LogP contribution >= 0.6 is 0 Å². The lowest BCUT2D eigenvalue weighted by molar-refractivity contribution is 0.0391. The van der Waals surface area contributed by atoms with Gasteiger partial charge in [-0.2, -0.15) is 0 Å². The van der Waals surface area contributed by atoms with E-state index in [0.717, 1.165) is 23.8 Å². The summed E-state index contributed by atoms with van der Waals surface area (Å²) in [4.78, 5) is 23.8. The summed E-state index contributed by atoms with van der Waals surface area (Å²) >= 11 is 0. The number of carbonyl (C=O) groups excluding carboxylic acids is 2. The van der Waals surface area contributed by atoms with Crippen molar-refractivity contribution in [2.45, 2.75) is 26.7 Å². The van der Waals surface area contributed by atoms with Crippen molar-refractivity contribution in [3.63, 3.8) is 0 Å². The van der Waals surface area contributed by atoms with Crippen LogP contribution in [0.2, 0.25) is 0 Å². The lowest BCUT2D eigenvalue weighted by Crippen LogP contribution is -2.19. The Hall–Kier alpha value is -2.60. The maximum Gasteiger partial charge on any atom is 0.346 e. The van der Waals surface area contributed by atoms with Crippen LogP contribution in [0.1, 0.15) is 53.0 Å². The maximum atomic E-state index is 12.0. The van der Waals surface area contributed by atoms with Gasteiger partial charge in [-0.25, -0.2) is 9.59 Å². The molecule has 0 bridgehead atoms. The van der Waals surface area contributed by atoms with Gasteiger partial charge in [-0.15, -0.1) is 0 Å². The van der Waals surface area contributed by atoms with E-state index >= 15 is 0 Å². The van der Waals surface area contributed by atoms with E-state index in [2.05, 4.69) is 25.7 Å². The molecule has 0 spiro atoms. The van der Waals surface area contributed by atoms with Gasteiger partial charge in [0.2, 0.25) is 0 Å². The molecule has 1 atom stereocenters. The molecule has 0 N–H and O–H groups in total. The molecule has 0 radical (unpaired) electrons. The van der Waals surface area contributed by atoms with Crippen molar-refractivity contribution in [1.82, 2.24) is 0 Å². The first-order valence-corrected chi connectivity index (χ1v) is 7.45. The van der Waals surface area contributed by atoms with Crippen LogP contribution in [0.25, 0.3) is 10.8 Å². The second-order valence-corrected chi connectivity index (χ2v) is 5.56. The fraction of sp³-hybridized carbons (Fsp3) is 0.263. The largest absolute Gasteiger partial charge is 0.386 e. The van der Waals surface area contributed by atoms with Gasteiger partial charge < -0.3 is 4.74 Å². The van der Waals surface area contributed by atoms with Crippen LogP contribution < -0.4 is 0 Å². The molecule has 3 heteroatoms. The molecule has 110 valence electrons. The third kappa shape index (κ3) is 2.48. The standard InChI is InChI=1S/C19H16O3/c1-3-5-12(2)8-9-13-10-14-6-4-7-15-17(14)16(11-13)19(21)22-18(15)20/h4,6-7,10-12H,3,5H2,1-2H3. The topological polar surface area (TPSA) is 43.4 Å². The Balaban J connectivity index is 2.14. The third-order valence-electron chi connectivity index (χ3n) is 3.79. The molecule has 2 aromatic rings. The van der Waals surface area contributed by atoms with E-state index in [1.54, 1.807) is 18.2 Å². The highest BCUT2D eigenvalue weighted by atomic mass is 16.6. The SMILES string of the molecule is CCCC(C)C#Cc1cc2c3c(cccc3c1)C(=O)OC2=O. The lowest BCUT2D eigenvalue weighted by Gasteiger charge is -2.15. The van der Waals surface area contributed by atoms with Crippen molar-refractivity contribution in [2.75, 3.05) is 0 Å². The van der Waals surface area contributed by atoms with E-state index in [-0.39, 0.29) is 0 Å². The van der Waals surface area contributed by atoms with Gasteiger partial charge in [0.25, 0.3) is 0 Å². The molecule has 1 unspecified atom stereocenters. The van der Waals surface area contributed by atoms with Gasteiger partial charge in [0, 0.05) is 16.9 Å². The zero-order valence-corrected chi connectivity index (χ0v) is 12.6. The molecule has 0 aromatic heterocycles. The van der Waals surface area contributed by atoms with E-state index in [4.69, 9.17) is 4.74 Å². The molecule has 3 rings (SSSR count). The van der Waals surface area contributed by atoms with Crippen LogP contribution in [0.4, 0.5) is 0 Å². The van der Waals surface area contributed by atoms with Crippen molar-refractivity contribution in [2.24, 2.45) is 5.92 Å². The quantitative estimate of drug-likeness (QED) is 0.478. The number of hydrogen-bond acceptors (Lipinski definition) is 3. The zero-order chi connectivity index (χ0) is 15.7. The Morgan fingerprint density at radius 3 is 2.68 bits per heavy atom. The van der Waals surface area contributed by atoms with Crippen molar-refractivity contribution >= 4 is 22.7 Å². The number of hydrogen-bond donors (Lipinski definition) is 0. The Morgan fingerprint density at radius 2 is 1.91 bits per heavy atom. The number of ether oxygens (including phenoxy) is 1. The van der Waals surface area contributed by atoms with Gasteiger partial charge >= 0.3 is 11.9 Å². The predicted octanol–water partition coefficient (Wildman–Crippen LogP) is 3.94. The van der Waals surface area contributed by atoms with Gasteiger partial charge in [0.05, 0.1) is 11.1 Å². The number of benzene rings is 2. The zero-order valence-electron chi connectivity index (χ0n) is 12.6. The monoisotopic (exact) mass is 292 g/mol. The summed E-state index contributed by atoms with van der Waals surface area (Å²) < 4.78 is 4.80. The summed E-state index contributed by atoms with van der Waals surface area (Å²) in [6.45, 7) is 4.22. The van der Waals surface area contributed by atoms with Gasteiger partial charge in [-0.05, 0) is 30.0 Å². The second-order valence-electron chi connectivity index (χ2n) is 5.56. The summed E-state index contributed by atoms with van der Waals surface area (Å²) in [6, 6.07) is 8.98. The molecule has 2 aromatic carbocycles. The predicted molar refractivity (Wildman–Crippen MR) is 84.6 cm³/mol. The minimum absolute atomic E-state index is 0.317. The van der Waals surface area contributed by atoms with Gasteiger partial charge in [-0.3, -0.25) is 0 Å².